The maximum atomic E-state index is 11.6. The Hall–Kier alpha value is -1.81. The molecule has 2 aromatic carbocycles. The molecule has 0 unspecified atom stereocenters. The molecule has 0 saturated heterocycles. The SMILES string of the molecule is CCNC(=NCc1ccccc1OC1CCCC1)NCCc1ccc(S(C)(=O)=O)cc1.I. The van der Waals surface area contributed by atoms with Crippen LogP contribution in [0.1, 0.15) is 43.7 Å². The second kappa shape index (κ2) is 13.0. The van der Waals surface area contributed by atoms with Gasteiger partial charge in [0.25, 0.3) is 0 Å². The van der Waals surface area contributed by atoms with E-state index in [1.54, 1.807) is 12.1 Å². The predicted octanol–water partition coefficient (Wildman–Crippen LogP) is 4.33. The summed E-state index contributed by atoms with van der Waals surface area (Å²) in [5, 5.41) is 6.64. The van der Waals surface area contributed by atoms with E-state index in [-0.39, 0.29) is 24.0 Å². The Bertz CT molecular complexity index is 972. The van der Waals surface area contributed by atoms with E-state index in [0.717, 1.165) is 48.6 Å². The maximum Gasteiger partial charge on any atom is 0.191 e. The molecule has 0 aromatic heterocycles. The van der Waals surface area contributed by atoms with Crippen LogP contribution in [0.5, 0.6) is 5.75 Å². The second-order valence-corrected chi connectivity index (χ2v) is 9.94. The van der Waals surface area contributed by atoms with Crippen LogP contribution in [0, 0.1) is 0 Å². The fraction of sp³-hybridized carbons (Fsp3) is 0.458. The molecule has 0 radical (unpaired) electrons. The molecule has 176 valence electrons. The van der Waals surface area contributed by atoms with E-state index in [2.05, 4.69) is 16.7 Å². The van der Waals surface area contributed by atoms with Gasteiger partial charge in [0.05, 0.1) is 17.5 Å². The fourth-order valence-corrected chi connectivity index (χ4v) is 4.30. The van der Waals surface area contributed by atoms with Crippen LogP contribution in [0.2, 0.25) is 0 Å². The first-order valence-electron chi connectivity index (χ1n) is 11.0. The molecule has 2 aromatic rings. The summed E-state index contributed by atoms with van der Waals surface area (Å²) in [5.41, 5.74) is 2.16. The number of sulfone groups is 1. The molecule has 0 heterocycles. The van der Waals surface area contributed by atoms with E-state index in [4.69, 9.17) is 9.73 Å². The number of rotatable bonds is 9. The molecular weight excluding hydrogens is 537 g/mol. The molecule has 1 aliphatic rings. The van der Waals surface area contributed by atoms with Gasteiger partial charge in [-0.05, 0) is 62.8 Å². The third-order valence-corrected chi connectivity index (χ3v) is 6.51. The maximum absolute atomic E-state index is 11.6. The Morgan fingerprint density at radius 3 is 2.41 bits per heavy atom. The minimum absolute atomic E-state index is 0. The van der Waals surface area contributed by atoms with Gasteiger partial charge >= 0.3 is 0 Å². The number of para-hydroxylation sites is 1. The highest BCUT2D eigenvalue weighted by molar-refractivity contribution is 14.0. The largest absolute Gasteiger partial charge is 0.490 e. The van der Waals surface area contributed by atoms with Crippen molar-refractivity contribution >= 4 is 39.8 Å². The van der Waals surface area contributed by atoms with Crippen LogP contribution in [0.3, 0.4) is 0 Å². The monoisotopic (exact) mass is 571 g/mol. The second-order valence-electron chi connectivity index (χ2n) is 7.92. The number of nitrogens with one attached hydrogen (secondary N) is 2. The summed E-state index contributed by atoms with van der Waals surface area (Å²) in [4.78, 5) is 5.08. The minimum atomic E-state index is -3.16. The van der Waals surface area contributed by atoms with Crippen molar-refractivity contribution in [3.63, 3.8) is 0 Å². The topological polar surface area (TPSA) is 79.8 Å². The Morgan fingerprint density at radius 1 is 1.06 bits per heavy atom. The van der Waals surface area contributed by atoms with Crippen LogP contribution in [0.4, 0.5) is 0 Å². The highest BCUT2D eigenvalue weighted by Crippen LogP contribution is 2.27. The van der Waals surface area contributed by atoms with Gasteiger partial charge < -0.3 is 15.4 Å². The Labute approximate surface area is 209 Å². The molecule has 0 spiro atoms. The van der Waals surface area contributed by atoms with Crippen molar-refractivity contribution in [1.82, 2.24) is 10.6 Å². The summed E-state index contributed by atoms with van der Waals surface area (Å²) >= 11 is 0. The third-order valence-electron chi connectivity index (χ3n) is 5.38. The van der Waals surface area contributed by atoms with Gasteiger partial charge in [0.1, 0.15) is 5.75 Å². The number of guanidine groups is 1. The highest BCUT2D eigenvalue weighted by Gasteiger charge is 2.17. The van der Waals surface area contributed by atoms with E-state index < -0.39 is 9.84 Å². The van der Waals surface area contributed by atoms with Crippen molar-refractivity contribution in [1.29, 1.82) is 0 Å². The standard InChI is InChI=1S/C24H33N3O3S.HI/c1-3-25-24(26-17-16-19-12-14-22(15-13-19)31(2,28)29)27-18-20-8-4-7-11-23(20)30-21-9-5-6-10-21;/h4,7-8,11-15,21H,3,5-6,9-10,16-18H2,1-2H3,(H2,25,26,27);1H. The molecular formula is C24H34IN3O3S. The molecule has 0 aliphatic heterocycles. The lowest BCUT2D eigenvalue weighted by atomic mass is 10.1. The van der Waals surface area contributed by atoms with E-state index in [1.807, 2.05) is 37.3 Å². The number of ether oxygens (including phenoxy) is 1. The van der Waals surface area contributed by atoms with Crippen LogP contribution in [-0.2, 0) is 22.8 Å². The molecule has 32 heavy (non-hydrogen) atoms. The van der Waals surface area contributed by atoms with Gasteiger partial charge in [-0.1, -0.05) is 30.3 Å². The van der Waals surface area contributed by atoms with Gasteiger partial charge in [-0.15, -0.1) is 24.0 Å². The first kappa shape index (κ1) is 26.4. The van der Waals surface area contributed by atoms with Crippen molar-refractivity contribution in [2.75, 3.05) is 19.3 Å². The predicted molar refractivity (Wildman–Crippen MR) is 141 cm³/mol. The average molecular weight is 572 g/mol. The summed E-state index contributed by atoms with van der Waals surface area (Å²) in [6.07, 6.45) is 7.08. The van der Waals surface area contributed by atoms with Crippen molar-refractivity contribution < 1.29 is 13.2 Å². The van der Waals surface area contributed by atoms with Crippen LogP contribution < -0.4 is 15.4 Å². The molecule has 0 bridgehead atoms. The molecule has 8 heteroatoms. The van der Waals surface area contributed by atoms with Crippen LogP contribution in [0.15, 0.2) is 58.4 Å². The fourth-order valence-electron chi connectivity index (χ4n) is 3.67. The normalized spacial score (nSPS) is 14.6. The van der Waals surface area contributed by atoms with Crippen LogP contribution in [-0.4, -0.2) is 39.8 Å². The average Bonchev–Trinajstić information content (AvgIpc) is 3.26. The molecule has 1 fully saturated rings. The van der Waals surface area contributed by atoms with Gasteiger partial charge in [-0.2, -0.15) is 0 Å². The van der Waals surface area contributed by atoms with Crippen LogP contribution in [0.25, 0.3) is 0 Å². The molecule has 0 atom stereocenters. The Morgan fingerprint density at radius 2 is 1.75 bits per heavy atom. The third kappa shape index (κ3) is 8.27. The zero-order valence-corrected chi connectivity index (χ0v) is 22.0. The lowest BCUT2D eigenvalue weighted by Gasteiger charge is -2.16. The van der Waals surface area contributed by atoms with E-state index in [1.165, 1.54) is 19.1 Å². The molecule has 2 N–H and O–H groups in total. The first-order valence-corrected chi connectivity index (χ1v) is 12.9. The van der Waals surface area contributed by atoms with Gasteiger partial charge in [0, 0.05) is 24.9 Å². The molecule has 3 rings (SSSR count). The number of nitrogens with zero attached hydrogens (tertiary/aromatic N) is 1. The molecule has 1 aliphatic carbocycles. The number of halogens is 1. The van der Waals surface area contributed by atoms with Crippen molar-refractivity contribution in [3.05, 3.63) is 59.7 Å². The molecule has 1 saturated carbocycles. The first-order chi connectivity index (χ1) is 15.0. The summed E-state index contributed by atoms with van der Waals surface area (Å²) in [6.45, 7) is 4.05. The minimum Gasteiger partial charge on any atom is -0.490 e. The van der Waals surface area contributed by atoms with Crippen LogP contribution >= 0.6 is 24.0 Å². The molecule has 0 amide bonds. The van der Waals surface area contributed by atoms with Crippen molar-refractivity contribution in [3.8, 4) is 5.75 Å². The van der Waals surface area contributed by atoms with E-state index in [9.17, 15) is 8.42 Å². The summed E-state index contributed by atoms with van der Waals surface area (Å²) in [6, 6.07) is 15.2. The summed E-state index contributed by atoms with van der Waals surface area (Å²) in [7, 11) is -3.16. The number of benzene rings is 2. The smallest absolute Gasteiger partial charge is 0.191 e. The Kier molecular flexibility index (Phi) is 10.8. The van der Waals surface area contributed by atoms with Gasteiger partial charge in [0.15, 0.2) is 15.8 Å². The lowest BCUT2D eigenvalue weighted by Crippen LogP contribution is -2.38. The highest BCUT2D eigenvalue weighted by atomic mass is 127. The summed E-state index contributed by atoms with van der Waals surface area (Å²) in [5.74, 6) is 1.69. The zero-order valence-electron chi connectivity index (χ0n) is 18.8. The lowest BCUT2D eigenvalue weighted by molar-refractivity contribution is 0.208. The quantitative estimate of drug-likeness (QED) is 0.266. The zero-order chi connectivity index (χ0) is 22.1. The number of aliphatic imine (C=N–C) groups is 1. The van der Waals surface area contributed by atoms with Crippen molar-refractivity contribution in [2.45, 2.75) is 56.6 Å². The number of hydrogen-bond acceptors (Lipinski definition) is 4. The molecule has 6 nitrogen and oxygen atoms in total. The van der Waals surface area contributed by atoms with E-state index >= 15 is 0 Å². The van der Waals surface area contributed by atoms with E-state index in [0.29, 0.717) is 24.1 Å². The van der Waals surface area contributed by atoms with Gasteiger partial charge in [0.2, 0.25) is 0 Å². The van der Waals surface area contributed by atoms with Crippen molar-refractivity contribution in [2.24, 2.45) is 4.99 Å². The Balaban J connectivity index is 0.00000363. The van der Waals surface area contributed by atoms with Gasteiger partial charge in [-0.25, -0.2) is 13.4 Å². The van der Waals surface area contributed by atoms with Gasteiger partial charge in [-0.3, -0.25) is 0 Å². The number of hydrogen-bond donors (Lipinski definition) is 2. The summed E-state index contributed by atoms with van der Waals surface area (Å²) < 4.78 is 29.4.